The molecule has 4 rings (SSSR count). The van der Waals surface area contributed by atoms with Crippen molar-refractivity contribution in [3.8, 4) is 29.5 Å². The lowest BCUT2D eigenvalue weighted by atomic mass is 10.1. The Morgan fingerprint density at radius 3 is 2.58 bits per heavy atom. The number of aliphatic hydroxyl groups is 1. The molecule has 33 heavy (non-hydrogen) atoms. The molecule has 7 heteroatoms. The number of nitrogens with zero attached hydrogens (tertiary/aromatic N) is 3. The molecule has 0 amide bonds. The smallest absolute Gasteiger partial charge is 0.267 e. The standard InChI is InChI=1S/C26H21N3O4/c1-4-17-7-9-19(10-8-17)29-24(28-25-22(26(29)31)6-5-13-27-25)12-11-21-18(16-30)14-20(32-2)15-23(21)33-3/h1,5-15,30H,16H2,2-3H3/b12-11+. The SMILES string of the molecule is C#Cc1ccc(-n2c(/C=C/c3c(CO)cc(OC)cc3OC)nc3ncccc3c2=O)cc1. The first-order valence-electron chi connectivity index (χ1n) is 10.1. The Hall–Kier alpha value is -4.41. The highest BCUT2D eigenvalue weighted by Gasteiger charge is 2.14. The van der Waals surface area contributed by atoms with Crippen molar-refractivity contribution >= 4 is 23.2 Å². The maximum Gasteiger partial charge on any atom is 0.267 e. The molecule has 0 saturated heterocycles. The summed E-state index contributed by atoms with van der Waals surface area (Å²) in [6.07, 6.45) is 10.5. The van der Waals surface area contributed by atoms with Crippen molar-refractivity contribution in [2.24, 2.45) is 0 Å². The molecule has 0 atom stereocenters. The van der Waals surface area contributed by atoms with Crippen LogP contribution in [0.2, 0.25) is 0 Å². The average molecular weight is 439 g/mol. The topological polar surface area (TPSA) is 86.5 Å². The third-order valence-corrected chi connectivity index (χ3v) is 5.19. The second-order valence-electron chi connectivity index (χ2n) is 7.07. The van der Waals surface area contributed by atoms with E-state index < -0.39 is 0 Å². The van der Waals surface area contributed by atoms with Gasteiger partial charge >= 0.3 is 0 Å². The van der Waals surface area contributed by atoms with E-state index in [0.717, 1.165) is 0 Å². The van der Waals surface area contributed by atoms with Gasteiger partial charge in [-0.15, -0.1) is 6.42 Å². The van der Waals surface area contributed by atoms with Gasteiger partial charge in [0, 0.05) is 23.4 Å². The molecule has 0 bridgehead atoms. The summed E-state index contributed by atoms with van der Waals surface area (Å²) in [5.41, 5.74) is 2.64. The molecule has 7 nitrogen and oxygen atoms in total. The summed E-state index contributed by atoms with van der Waals surface area (Å²) >= 11 is 0. The van der Waals surface area contributed by atoms with Crippen molar-refractivity contribution in [2.75, 3.05) is 14.2 Å². The molecule has 164 valence electrons. The fourth-order valence-electron chi connectivity index (χ4n) is 3.52. The molecule has 2 heterocycles. The maximum absolute atomic E-state index is 13.4. The number of aromatic nitrogens is 3. The monoisotopic (exact) mass is 439 g/mol. The summed E-state index contributed by atoms with van der Waals surface area (Å²) in [6, 6.07) is 13.9. The van der Waals surface area contributed by atoms with Crippen LogP contribution < -0.4 is 15.0 Å². The van der Waals surface area contributed by atoms with Gasteiger partial charge in [0.2, 0.25) is 0 Å². The van der Waals surface area contributed by atoms with Crippen molar-refractivity contribution < 1.29 is 14.6 Å². The van der Waals surface area contributed by atoms with Crippen LogP contribution in [0.4, 0.5) is 0 Å². The first kappa shape index (κ1) is 21.8. The number of fused-ring (bicyclic) bond motifs is 1. The van der Waals surface area contributed by atoms with Crippen molar-refractivity contribution in [3.05, 3.63) is 87.6 Å². The first-order chi connectivity index (χ1) is 16.1. The number of pyridine rings is 1. The molecule has 0 fully saturated rings. The van der Waals surface area contributed by atoms with Crippen LogP contribution in [-0.4, -0.2) is 33.9 Å². The van der Waals surface area contributed by atoms with Crippen LogP contribution in [0.15, 0.2) is 59.5 Å². The number of hydrogen-bond donors (Lipinski definition) is 1. The fraction of sp³-hybridized carbons (Fsp3) is 0.115. The van der Waals surface area contributed by atoms with Gasteiger partial charge in [0.15, 0.2) is 5.65 Å². The van der Waals surface area contributed by atoms with Crippen molar-refractivity contribution in [1.29, 1.82) is 0 Å². The van der Waals surface area contributed by atoms with E-state index in [2.05, 4.69) is 15.9 Å². The summed E-state index contributed by atoms with van der Waals surface area (Å²) in [4.78, 5) is 22.2. The summed E-state index contributed by atoms with van der Waals surface area (Å²) in [5, 5.41) is 10.3. The van der Waals surface area contributed by atoms with Gasteiger partial charge in [-0.2, -0.15) is 0 Å². The predicted molar refractivity (Wildman–Crippen MR) is 127 cm³/mol. The Kier molecular flexibility index (Phi) is 6.20. The Bertz CT molecular complexity index is 1420. The summed E-state index contributed by atoms with van der Waals surface area (Å²) in [7, 11) is 3.08. The summed E-state index contributed by atoms with van der Waals surface area (Å²) in [6.45, 7) is -0.222. The molecule has 2 aromatic heterocycles. The fourth-order valence-corrected chi connectivity index (χ4v) is 3.52. The number of terminal acetylenes is 1. The number of hydrogen-bond acceptors (Lipinski definition) is 6. The van der Waals surface area contributed by atoms with Gasteiger partial charge in [-0.25, -0.2) is 9.97 Å². The van der Waals surface area contributed by atoms with E-state index in [4.69, 9.17) is 15.9 Å². The molecule has 2 aromatic carbocycles. The maximum atomic E-state index is 13.4. The second-order valence-corrected chi connectivity index (χ2v) is 7.07. The molecule has 0 unspecified atom stereocenters. The lowest BCUT2D eigenvalue weighted by Crippen LogP contribution is -2.22. The zero-order chi connectivity index (χ0) is 23.4. The lowest BCUT2D eigenvalue weighted by molar-refractivity contribution is 0.279. The minimum absolute atomic E-state index is 0.222. The second kappa shape index (κ2) is 9.39. The number of benzene rings is 2. The molecule has 0 aliphatic carbocycles. The van der Waals surface area contributed by atoms with Crippen molar-refractivity contribution in [1.82, 2.24) is 14.5 Å². The minimum atomic E-state index is -0.259. The van der Waals surface area contributed by atoms with Crippen LogP contribution in [0.25, 0.3) is 28.9 Å². The first-order valence-corrected chi connectivity index (χ1v) is 10.1. The van der Waals surface area contributed by atoms with Crippen molar-refractivity contribution in [3.63, 3.8) is 0 Å². The average Bonchev–Trinajstić information content (AvgIpc) is 2.87. The van der Waals surface area contributed by atoms with Crippen LogP contribution in [0.5, 0.6) is 11.5 Å². The van der Waals surface area contributed by atoms with E-state index in [1.807, 2.05) is 0 Å². The molecule has 4 aromatic rings. The van der Waals surface area contributed by atoms with Crippen LogP contribution in [-0.2, 0) is 6.61 Å². The van der Waals surface area contributed by atoms with Crippen LogP contribution in [0.3, 0.4) is 0 Å². The third-order valence-electron chi connectivity index (χ3n) is 5.19. The highest BCUT2D eigenvalue weighted by atomic mass is 16.5. The van der Waals surface area contributed by atoms with Gasteiger partial charge in [-0.05, 0) is 60.2 Å². The van der Waals surface area contributed by atoms with E-state index in [0.29, 0.717) is 50.7 Å². The number of rotatable bonds is 6. The molecule has 0 saturated carbocycles. The normalized spacial score (nSPS) is 11.0. The Labute approximate surface area is 190 Å². The van der Waals surface area contributed by atoms with Gasteiger partial charge in [-0.3, -0.25) is 9.36 Å². The van der Waals surface area contributed by atoms with E-state index in [1.165, 1.54) is 11.7 Å². The molecule has 0 spiro atoms. The molecule has 0 aliphatic rings. The Balaban J connectivity index is 1.93. The zero-order valence-electron chi connectivity index (χ0n) is 18.1. The van der Waals surface area contributed by atoms with Crippen LogP contribution in [0, 0.1) is 12.3 Å². The van der Waals surface area contributed by atoms with Gasteiger partial charge in [0.1, 0.15) is 17.3 Å². The Morgan fingerprint density at radius 1 is 1.12 bits per heavy atom. The van der Waals surface area contributed by atoms with E-state index >= 15 is 0 Å². The van der Waals surface area contributed by atoms with E-state index in [1.54, 1.807) is 74.0 Å². The number of ether oxygens (including phenoxy) is 2. The molecular formula is C26H21N3O4. The lowest BCUT2D eigenvalue weighted by Gasteiger charge is -2.13. The Morgan fingerprint density at radius 2 is 1.91 bits per heavy atom. The predicted octanol–water partition coefficient (Wildman–Crippen LogP) is 3.44. The van der Waals surface area contributed by atoms with E-state index in [9.17, 15) is 9.90 Å². The van der Waals surface area contributed by atoms with Gasteiger partial charge in [-0.1, -0.05) is 5.92 Å². The van der Waals surface area contributed by atoms with E-state index in [-0.39, 0.29) is 12.2 Å². The summed E-state index contributed by atoms with van der Waals surface area (Å²) in [5.74, 6) is 4.01. The third kappa shape index (κ3) is 4.20. The van der Waals surface area contributed by atoms with Crippen molar-refractivity contribution in [2.45, 2.75) is 6.61 Å². The quantitative estimate of drug-likeness (QED) is 0.463. The van der Waals surface area contributed by atoms with Gasteiger partial charge < -0.3 is 14.6 Å². The van der Waals surface area contributed by atoms with Gasteiger partial charge in [0.05, 0.1) is 31.9 Å². The van der Waals surface area contributed by atoms with Gasteiger partial charge in [0.25, 0.3) is 5.56 Å². The van der Waals surface area contributed by atoms with Crippen LogP contribution >= 0.6 is 0 Å². The minimum Gasteiger partial charge on any atom is -0.497 e. The zero-order valence-corrected chi connectivity index (χ0v) is 18.1. The number of methoxy groups -OCH3 is 2. The number of aliphatic hydroxyl groups excluding tert-OH is 1. The molecule has 0 radical (unpaired) electrons. The highest BCUT2D eigenvalue weighted by Crippen LogP contribution is 2.30. The largest absolute Gasteiger partial charge is 0.497 e. The highest BCUT2D eigenvalue weighted by molar-refractivity contribution is 5.78. The van der Waals surface area contributed by atoms with Crippen LogP contribution in [0.1, 0.15) is 22.5 Å². The molecular weight excluding hydrogens is 418 g/mol. The summed E-state index contributed by atoms with van der Waals surface area (Å²) < 4.78 is 12.3. The molecule has 0 aliphatic heterocycles. The molecule has 1 N–H and O–H groups in total.